The quantitative estimate of drug-likeness (QED) is 0.633. The van der Waals surface area contributed by atoms with E-state index in [2.05, 4.69) is 34.1 Å². The molecule has 0 aliphatic heterocycles. The maximum atomic E-state index is 11.8. The summed E-state index contributed by atoms with van der Waals surface area (Å²) < 4.78 is 9.50. The smallest absolute Gasteiger partial charge is 0.428 e. The van der Waals surface area contributed by atoms with E-state index in [0.717, 1.165) is 24.0 Å². The van der Waals surface area contributed by atoms with Crippen LogP contribution < -0.4 is 5.32 Å². The van der Waals surface area contributed by atoms with Gasteiger partial charge < -0.3 is 9.47 Å². The monoisotopic (exact) mass is 307 g/mol. The Morgan fingerprint density at radius 3 is 2.64 bits per heavy atom. The molecule has 1 aromatic rings. The van der Waals surface area contributed by atoms with Gasteiger partial charge in [0.05, 0.1) is 6.20 Å². The van der Waals surface area contributed by atoms with E-state index in [1.807, 2.05) is 0 Å². The molecule has 2 rings (SSSR count). The maximum absolute atomic E-state index is 11.8. The average molecular weight is 307 g/mol. The van der Waals surface area contributed by atoms with Crippen LogP contribution in [0.2, 0.25) is 0 Å². The van der Waals surface area contributed by atoms with Crippen LogP contribution in [0.4, 0.5) is 15.4 Å². The standard InChI is InChI=1S/C15H21N3O4/c1-14(2,3)22-13(20)21-12(19)17-11-10-9(8-16-18-11)6-7-15(10,4)5/h8H,6-7H2,1-5H3,(H,17,18,19). The van der Waals surface area contributed by atoms with Crippen LogP contribution in [0.25, 0.3) is 0 Å². The summed E-state index contributed by atoms with van der Waals surface area (Å²) in [5.41, 5.74) is 1.14. The summed E-state index contributed by atoms with van der Waals surface area (Å²) in [5.74, 6) is 0.327. The Kier molecular flexibility index (Phi) is 4.08. The van der Waals surface area contributed by atoms with Crippen molar-refractivity contribution in [1.29, 1.82) is 0 Å². The van der Waals surface area contributed by atoms with E-state index < -0.39 is 17.8 Å². The second-order valence-corrected chi connectivity index (χ2v) is 6.96. The van der Waals surface area contributed by atoms with Crippen molar-refractivity contribution in [2.45, 2.75) is 58.5 Å². The Hall–Kier alpha value is -2.18. The van der Waals surface area contributed by atoms with Crippen LogP contribution in [0.3, 0.4) is 0 Å². The van der Waals surface area contributed by atoms with Gasteiger partial charge in [-0.05, 0) is 44.6 Å². The number of rotatable bonds is 1. The first-order valence-electron chi connectivity index (χ1n) is 7.15. The highest BCUT2D eigenvalue weighted by atomic mass is 16.8. The highest BCUT2D eigenvalue weighted by Gasteiger charge is 2.34. The minimum atomic E-state index is -1.05. The molecular formula is C15H21N3O4. The first kappa shape index (κ1) is 16.2. The zero-order chi connectivity index (χ0) is 16.5. The molecule has 0 unspecified atom stereocenters. The number of hydrogen-bond donors (Lipinski definition) is 1. The van der Waals surface area contributed by atoms with E-state index in [-0.39, 0.29) is 5.41 Å². The number of amides is 1. The Morgan fingerprint density at radius 2 is 2.00 bits per heavy atom. The number of aryl methyl sites for hydroxylation is 1. The van der Waals surface area contributed by atoms with Gasteiger partial charge >= 0.3 is 12.2 Å². The zero-order valence-electron chi connectivity index (χ0n) is 13.5. The summed E-state index contributed by atoms with van der Waals surface area (Å²) in [5, 5.41) is 10.3. The number of carbonyl (C=O) groups is 2. The summed E-state index contributed by atoms with van der Waals surface area (Å²) >= 11 is 0. The van der Waals surface area contributed by atoms with Crippen molar-refractivity contribution in [3.05, 3.63) is 17.3 Å². The molecule has 0 radical (unpaired) electrons. The lowest BCUT2D eigenvalue weighted by Crippen LogP contribution is -2.28. The zero-order valence-corrected chi connectivity index (χ0v) is 13.5. The third-order valence-corrected chi connectivity index (χ3v) is 3.41. The molecule has 1 N–H and O–H groups in total. The van der Waals surface area contributed by atoms with E-state index in [4.69, 9.17) is 4.74 Å². The maximum Gasteiger partial charge on any atom is 0.517 e. The van der Waals surface area contributed by atoms with Crippen molar-refractivity contribution >= 4 is 18.1 Å². The van der Waals surface area contributed by atoms with Crippen molar-refractivity contribution in [1.82, 2.24) is 10.2 Å². The lowest BCUT2D eigenvalue weighted by molar-refractivity contribution is 0.0111. The van der Waals surface area contributed by atoms with Crippen LogP contribution in [-0.4, -0.2) is 28.0 Å². The molecule has 22 heavy (non-hydrogen) atoms. The Balaban J connectivity index is 2.08. The van der Waals surface area contributed by atoms with Gasteiger partial charge in [0, 0.05) is 5.56 Å². The van der Waals surface area contributed by atoms with E-state index in [1.165, 1.54) is 0 Å². The van der Waals surface area contributed by atoms with Gasteiger partial charge in [0.15, 0.2) is 5.82 Å². The summed E-state index contributed by atoms with van der Waals surface area (Å²) in [6.07, 6.45) is 1.55. The second kappa shape index (κ2) is 5.55. The van der Waals surface area contributed by atoms with Gasteiger partial charge in [0.1, 0.15) is 5.60 Å². The molecule has 0 spiro atoms. The van der Waals surface area contributed by atoms with Gasteiger partial charge in [0.25, 0.3) is 0 Å². The van der Waals surface area contributed by atoms with Crippen molar-refractivity contribution in [2.24, 2.45) is 0 Å². The molecule has 1 aliphatic carbocycles. The molecule has 1 aromatic heterocycles. The van der Waals surface area contributed by atoms with Crippen molar-refractivity contribution in [3.63, 3.8) is 0 Å². The highest BCUT2D eigenvalue weighted by Crippen LogP contribution is 2.41. The topological polar surface area (TPSA) is 90.4 Å². The number of ether oxygens (including phenoxy) is 2. The third-order valence-electron chi connectivity index (χ3n) is 3.41. The minimum absolute atomic E-state index is 0.111. The fraction of sp³-hybridized carbons (Fsp3) is 0.600. The molecule has 120 valence electrons. The van der Waals surface area contributed by atoms with Crippen LogP contribution in [-0.2, 0) is 21.3 Å². The fourth-order valence-corrected chi connectivity index (χ4v) is 2.50. The number of hydrogen-bond acceptors (Lipinski definition) is 6. The molecule has 1 aliphatic rings. The van der Waals surface area contributed by atoms with E-state index in [0.29, 0.717) is 5.82 Å². The Morgan fingerprint density at radius 1 is 1.32 bits per heavy atom. The number of fused-ring (bicyclic) bond motifs is 1. The van der Waals surface area contributed by atoms with Crippen LogP contribution >= 0.6 is 0 Å². The van der Waals surface area contributed by atoms with Gasteiger partial charge in [-0.25, -0.2) is 9.59 Å². The van der Waals surface area contributed by atoms with Gasteiger partial charge in [-0.2, -0.15) is 5.10 Å². The summed E-state index contributed by atoms with van der Waals surface area (Å²) in [6.45, 7) is 9.20. The van der Waals surface area contributed by atoms with Crippen molar-refractivity contribution in [2.75, 3.05) is 5.32 Å². The normalized spacial score (nSPS) is 15.9. The van der Waals surface area contributed by atoms with Crippen molar-refractivity contribution < 1.29 is 19.1 Å². The Bertz CT molecular complexity index is 605. The van der Waals surface area contributed by atoms with Crippen molar-refractivity contribution in [3.8, 4) is 0 Å². The van der Waals surface area contributed by atoms with E-state index >= 15 is 0 Å². The number of aromatic nitrogens is 2. The largest absolute Gasteiger partial charge is 0.517 e. The average Bonchev–Trinajstić information content (AvgIpc) is 2.63. The number of nitrogens with zero attached hydrogens (tertiary/aromatic N) is 2. The van der Waals surface area contributed by atoms with Gasteiger partial charge in [-0.15, -0.1) is 5.10 Å². The predicted molar refractivity (Wildman–Crippen MR) is 79.7 cm³/mol. The van der Waals surface area contributed by atoms with Crippen LogP contribution in [0.1, 0.15) is 52.2 Å². The van der Waals surface area contributed by atoms with Gasteiger partial charge in [0.2, 0.25) is 0 Å². The predicted octanol–water partition coefficient (Wildman–Crippen LogP) is 3.18. The molecular weight excluding hydrogens is 286 g/mol. The van der Waals surface area contributed by atoms with Gasteiger partial charge in [-0.3, -0.25) is 5.32 Å². The molecule has 0 aromatic carbocycles. The third kappa shape index (κ3) is 3.72. The number of carbonyl (C=O) groups excluding carboxylic acids is 2. The van der Waals surface area contributed by atoms with Crippen LogP contribution in [0.5, 0.6) is 0 Å². The Labute approximate surface area is 129 Å². The molecule has 0 atom stereocenters. The fourth-order valence-electron chi connectivity index (χ4n) is 2.50. The summed E-state index contributed by atoms with van der Waals surface area (Å²) in [7, 11) is 0. The first-order valence-corrected chi connectivity index (χ1v) is 7.15. The molecule has 1 heterocycles. The lowest BCUT2D eigenvalue weighted by Gasteiger charge is -2.21. The number of nitrogens with one attached hydrogen (secondary N) is 1. The molecule has 0 fully saturated rings. The van der Waals surface area contributed by atoms with E-state index in [9.17, 15) is 9.59 Å². The van der Waals surface area contributed by atoms with Crippen LogP contribution in [0, 0.1) is 0 Å². The van der Waals surface area contributed by atoms with Crippen LogP contribution in [0.15, 0.2) is 6.20 Å². The SMILES string of the molecule is CC(C)(C)OC(=O)OC(=O)Nc1nncc2c1C(C)(C)CC2. The highest BCUT2D eigenvalue weighted by molar-refractivity contribution is 5.91. The first-order chi connectivity index (χ1) is 10.1. The summed E-state index contributed by atoms with van der Waals surface area (Å²) in [4.78, 5) is 23.3. The molecule has 7 heteroatoms. The van der Waals surface area contributed by atoms with E-state index in [1.54, 1.807) is 27.0 Å². The van der Waals surface area contributed by atoms with Gasteiger partial charge in [-0.1, -0.05) is 13.8 Å². The number of anilines is 1. The molecule has 0 bridgehead atoms. The second-order valence-electron chi connectivity index (χ2n) is 6.96. The lowest BCUT2D eigenvalue weighted by atomic mass is 9.87. The summed E-state index contributed by atoms with van der Waals surface area (Å²) in [6, 6.07) is 0. The molecule has 7 nitrogen and oxygen atoms in total. The molecule has 1 amide bonds. The molecule has 0 saturated carbocycles. The minimum Gasteiger partial charge on any atom is -0.428 e. The molecule has 0 saturated heterocycles.